The molecule has 0 radical (unpaired) electrons. The van der Waals surface area contributed by atoms with Crippen LogP contribution in [0.4, 0.5) is 4.79 Å². The van der Waals surface area contributed by atoms with Gasteiger partial charge in [0.2, 0.25) is 0 Å². The number of benzene rings is 2. The van der Waals surface area contributed by atoms with E-state index >= 15 is 0 Å². The number of nitriles is 1. The first-order valence-corrected chi connectivity index (χ1v) is 9.58. The molecule has 1 amide bonds. The van der Waals surface area contributed by atoms with Crippen molar-refractivity contribution in [2.45, 2.75) is 38.3 Å². The molecule has 1 spiro atoms. The third-order valence-electron chi connectivity index (χ3n) is 5.89. The minimum absolute atomic E-state index is 0.00581. The van der Waals surface area contributed by atoms with Crippen LogP contribution in [0.25, 0.3) is 0 Å². The normalized spacial score (nSPS) is 20.3. The van der Waals surface area contributed by atoms with E-state index in [0.717, 1.165) is 24.0 Å². The molecule has 1 saturated heterocycles. The predicted molar refractivity (Wildman–Crippen MR) is 103 cm³/mol. The molecule has 0 aromatic heterocycles. The van der Waals surface area contributed by atoms with Crippen LogP contribution in [0, 0.1) is 16.7 Å². The van der Waals surface area contributed by atoms with E-state index in [2.05, 4.69) is 6.07 Å². The van der Waals surface area contributed by atoms with Crippen molar-refractivity contribution in [3.63, 3.8) is 0 Å². The number of carbonyl (C=O) groups excluding carboxylic acids is 2. The Morgan fingerprint density at radius 1 is 1.14 bits per heavy atom. The molecular formula is C23H22N2O3. The maximum absolute atomic E-state index is 12.8. The predicted octanol–water partition coefficient (Wildman–Crippen LogP) is 4.38. The molecule has 1 unspecified atom stereocenters. The van der Waals surface area contributed by atoms with Gasteiger partial charge < -0.3 is 9.64 Å². The second kappa shape index (κ2) is 7.47. The number of piperidine rings is 1. The maximum Gasteiger partial charge on any atom is 0.410 e. The molecule has 28 heavy (non-hydrogen) atoms. The number of amides is 1. The van der Waals surface area contributed by atoms with E-state index in [0.29, 0.717) is 30.7 Å². The van der Waals surface area contributed by atoms with Crippen molar-refractivity contribution in [1.29, 1.82) is 5.26 Å². The number of likely N-dealkylation sites (tertiary alicyclic amines) is 1. The third-order valence-corrected chi connectivity index (χ3v) is 5.89. The fourth-order valence-electron chi connectivity index (χ4n) is 4.34. The van der Waals surface area contributed by atoms with Gasteiger partial charge in [0, 0.05) is 19.4 Å². The smallest absolute Gasteiger partial charge is 0.410 e. The Kier molecular flexibility index (Phi) is 4.87. The van der Waals surface area contributed by atoms with Gasteiger partial charge in [0.1, 0.15) is 12.4 Å². The largest absolute Gasteiger partial charge is 0.445 e. The lowest BCUT2D eigenvalue weighted by Crippen LogP contribution is -2.50. The molecule has 0 bridgehead atoms. The minimum atomic E-state index is -0.335. The van der Waals surface area contributed by atoms with Crippen LogP contribution in [-0.4, -0.2) is 23.3 Å². The summed E-state index contributed by atoms with van der Waals surface area (Å²) in [6, 6.07) is 19.0. The summed E-state index contributed by atoms with van der Waals surface area (Å²) in [6.45, 7) is 0.811. The molecule has 1 atom stereocenters. The Morgan fingerprint density at radius 3 is 2.50 bits per heavy atom. The van der Waals surface area contributed by atoms with Crippen LogP contribution in [-0.2, 0) is 16.1 Å². The number of hydrogen-bond acceptors (Lipinski definition) is 4. The lowest BCUT2D eigenvalue weighted by Gasteiger charge is -2.50. The van der Waals surface area contributed by atoms with Gasteiger partial charge in [-0.05, 0) is 41.5 Å². The minimum Gasteiger partial charge on any atom is -0.445 e. The van der Waals surface area contributed by atoms with Crippen LogP contribution in [0.15, 0.2) is 54.6 Å². The zero-order valence-electron chi connectivity index (χ0n) is 15.6. The molecule has 0 N–H and O–H groups in total. The lowest BCUT2D eigenvalue weighted by atomic mass is 9.60. The van der Waals surface area contributed by atoms with Gasteiger partial charge in [-0.3, -0.25) is 4.79 Å². The van der Waals surface area contributed by atoms with Crippen LogP contribution in [0.2, 0.25) is 0 Å². The zero-order valence-corrected chi connectivity index (χ0v) is 15.6. The van der Waals surface area contributed by atoms with Crippen LogP contribution in [0.5, 0.6) is 0 Å². The van der Waals surface area contributed by atoms with Gasteiger partial charge in [-0.1, -0.05) is 42.5 Å². The molecule has 2 aromatic carbocycles. The zero-order chi connectivity index (χ0) is 19.6. The van der Waals surface area contributed by atoms with Gasteiger partial charge in [-0.2, -0.15) is 5.26 Å². The molecule has 4 rings (SSSR count). The summed E-state index contributed by atoms with van der Waals surface area (Å²) in [5, 5.41) is 9.04. The van der Waals surface area contributed by atoms with Crippen molar-refractivity contribution in [1.82, 2.24) is 4.90 Å². The van der Waals surface area contributed by atoms with Crippen molar-refractivity contribution in [2.24, 2.45) is 5.41 Å². The van der Waals surface area contributed by atoms with E-state index in [1.165, 1.54) is 0 Å². The summed E-state index contributed by atoms with van der Waals surface area (Å²) in [5.41, 5.74) is 2.52. The average Bonchev–Trinajstić information content (AvgIpc) is 2.72. The molecule has 1 saturated carbocycles. The van der Waals surface area contributed by atoms with Crippen molar-refractivity contribution in [3.8, 4) is 6.07 Å². The highest BCUT2D eigenvalue weighted by atomic mass is 16.6. The number of ketones is 1. The summed E-state index contributed by atoms with van der Waals surface area (Å²) in [7, 11) is 0. The number of nitrogens with zero attached hydrogens (tertiary/aromatic N) is 2. The van der Waals surface area contributed by atoms with Gasteiger partial charge in [0.25, 0.3) is 0 Å². The van der Waals surface area contributed by atoms with E-state index in [1.54, 1.807) is 17.0 Å². The van der Waals surface area contributed by atoms with Crippen LogP contribution in [0.1, 0.15) is 48.4 Å². The Hall–Kier alpha value is -3.13. The third kappa shape index (κ3) is 3.63. The van der Waals surface area contributed by atoms with E-state index < -0.39 is 0 Å². The molecule has 1 heterocycles. The van der Waals surface area contributed by atoms with Crippen molar-refractivity contribution in [3.05, 3.63) is 71.3 Å². The molecule has 5 heteroatoms. The van der Waals surface area contributed by atoms with Crippen LogP contribution < -0.4 is 0 Å². The van der Waals surface area contributed by atoms with E-state index in [4.69, 9.17) is 10.00 Å². The van der Waals surface area contributed by atoms with Gasteiger partial charge >= 0.3 is 6.09 Å². The summed E-state index contributed by atoms with van der Waals surface area (Å²) in [5.74, 6) is 0.304. The number of rotatable bonds is 3. The fraction of sp³-hybridized carbons (Fsp3) is 0.348. The number of ether oxygens (including phenoxy) is 1. The summed E-state index contributed by atoms with van der Waals surface area (Å²) in [6.07, 6.45) is 2.45. The molecule has 142 valence electrons. The van der Waals surface area contributed by atoms with E-state index in [1.807, 2.05) is 42.5 Å². The first-order valence-electron chi connectivity index (χ1n) is 9.58. The molecule has 2 fully saturated rings. The quantitative estimate of drug-likeness (QED) is 0.799. The average molecular weight is 374 g/mol. The second-order valence-corrected chi connectivity index (χ2v) is 7.83. The molecule has 5 nitrogen and oxygen atoms in total. The first kappa shape index (κ1) is 18.2. The maximum atomic E-state index is 12.8. The van der Waals surface area contributed by atoms with Gasteiger partial charge in [0.05, 0.1) is 17.7 Å². The summed E-state index contributed by atoms with van der Waals surface area (Å²) in [4.78, 5) is 26.3. The van der Waals surface area contributed by atoms with Crippen molar-refractivity contribution in [2.75, 3.05) is 6.54 Å². The molecule has 1 aliphatic heterocycles. The molecule has 2 aromatic rings. The summed E-state index contributed by atoms with van der Waals surface area (Å²) < 4.78 is 5.57. The Bertz CT molecular complexity index is 907. The SMILES string of the molecule is N#Cc1ccc(C2CC3(CCN2C(=O)OCc2ccccc2)CC(=O)C3)cc1. The number of hydrogen-bond donors (Lipinski definition) is 0. The number of Topliss-reactive ketones (excluding diaryl/α,β-unsaturated/α-hetero) is 1. The Labute approximate surface area is 164 Å². The standard InChI is InChI=1S/C23H22N2O3/c24-15-17-6-8-19(9-7-17)21-14-23(12-20(26)13-23)10-11-25(21)22(27)28-16-18-4-2-1-3-5-18/h1-9,21H,10-14,16H2. The molecular weight excluding hydrogens is 352 g/mol. The fourth-order valence-corrected chi connectivity index (χ4v) is 4.34. The van der Waals surface area contributed by atoms with Gasteiger partial charge in [-0.15, -0.1) is 0 Å². The summed E-state index contributed by atoms with van der Waals surface area (Å²) >= 11 is 0. The van der Waals surface area contributed by atoms with Gasteiger partial charge in [0.15, 0.2) is 0 Å². The Balaban J connectivity index is 1.52. The number of carbonyl (C=O) groups is 2. The lowest BCUT2D eigenvalue weighted by molar-refractivity contribution is -0.136. The van der Waals surface area contributed by atoms with Crippen molar-refractivity contribution < 1.29 is 14.3 Å². The highest BCUT2D eigenvalue weighted by Crippen LogP contribution is 2.52. The van der Waals surface area contributed by atoms with Crippen LogP contribution in [0.3, 0.4) is 0 Å². The monoisotopic (exact) mass is 374 g/mol. The first-order chi connectivity index (χ1) is 13.6. The topological polar surface area (TPSA) is 70.4 Å². The van der Waals surface area contributed by atoms with E-state index in [9.17, 15) is 9.59 Å². The van der Waals surface area contributed by atoms with E-state index in [-0.39, 0.29) is 24.2 Å². The van der Waals surface area contributed by atoms with Crippen LogP contribution >= 0.6 is 0 Å². The Morgan fingerprint density at radius 2 is 1.86 bits per heavy atom. The highest BCUT2D eigenvalue weighted by molar-refractivity contribution is 5.86. The van der Waals surface area contributed by atoms with Crippen molar-refractivity contribution >= 4 is 11.9 Å². The molecule has 2 aliphatic rings. The second-order valence-electron chi connectivity index (χ2n) is 7.83. The molecule has 1 aliphatic carbocycles. The highest BCUT2D eigenvalue weighted by Gasteiger charge is 2.49. The van der Waals surface area contributed by atoms with Gasteiger partial charge in [-0.25, -0.2) is 4.79 Å².